The Morgan fingerprint density at radius 2 is 2.40 bits per heavy atom. The number of nitrogens with zero attached hydrogens (tertiary/aromatic N) is 1. The molecule has 0 saturated carbocycles. The summed E-state index contributed by atoms with van der Waals surface area (Å²) in [5.74, 6) is -0.534. The van der Waals surface area contributed by atoms with Gasteiger partial charge >= 0.3 is 5.97 Å². The first kappa shape index (κ1) is 10.4. The zero-order valence-corrected chi connectivity index (χ0v) is 8.77. The van der Waals surface area contributed by atoms with E-state index in [1.54, 1.807) is 4.90 Å². The van der Waals surface area contributed by atoms with Crippen LogP contribution in [0.15, 0.2) is 0 Å². The molecule has 5 nitrogen and oxygen atoms in total. The molecular weight excluding hydrogens is 198 g/mol. The predicted molar refractivity (Wildman–Crippen MR) is 51.1 cm³/mol. The lowest BCUT2D eigenvalue weighted by Gasteiger charge is -2.22. The second kappa shape index (κ2) is 4.18. The van der Waals surface area contributed by atoms with E-state index in [9.17, 15) is 9.59 Å². The molecule has 0 radical (unpaired) electrons. The van der Waals surface area contributed by atoms with Gasteiger partial charge in [0.1, 0.15) is 0 Å². The van der Waals surface area contributed by atoms with Crippen LogP contribution >= 0.6 is 0 Å². The van der Waals surface area contributed by atoms with Crippen molar-refractivity contribution in [3.05, 3.63) is 0 Å². The minimum absolute atomic E-state index is 0.0425. The summed E-state index contributed by atoms with van der Waals surface area (Å²) >= 11 is 0. The minimum atomic E-state index is -0.289. The summed E-state index contributed by atoms with van der Waals surface area (Å²) in [7, 11) is 1.36. The van der Waals surface area contributed by atoms with Crippen molar-refractivity contribution in [2.75, 3.05) is 26.9 Å². The van der Waals surface area contributed by atoms with Crippen molar-refractivity contribution in [2.45, 2.75) is 18.9 Å². The molecule has 0 N–H and O–H groups in total. The van der Waals surface area contributed by atoms with Gasteiger partial charge in [0.05, 0.1) is 25.7 Å². The molecule has 0 spiro atoms. The van der Waals surface area contributed by atoms with Crippen molar-refractivity contribution in [2.24, 2.45) is 5.92 Å². The van der Waals surface area contributed by atoms with E-state index >= 15 is 0 Å². The van der Waals surface area contributed by atoms with Gasteiger partial charge in [-0.2, -0.15) is 0 Å². The van der Waals surface area contributed by atoms with Gasteiger partial charge < -0.3 is 14.4 Å². The maximum absolute atomic E-state index is 11.7. The first-order chi connectivity index (χ1) is 7.22. The Bertz CT molecular complexity index is 273. The van der Waals surface area contributed by atoms with Gasteiger partial charge in [0.2, 0.25) is 5.91 Å². The van der Waals surface area contributed by atoms with Crippen LogP contribution in [0.2, 0.25) is 0 Å². The fourth-order valence-electron chi connectivity index (χ4n) is 2.18. The Labute approximate surface area is 88.3 Å². The molecule has 0 aliphatic carbocycles. The zero-order valence-electron chi connectivity index (χ0n) is 8.77. The molecule has 2 aliphatic rings. The summed E-state index contributed by atoms with van der Waals surface area (Å²) in [6, 6.07) is 0.159. The first-order valence-corrected chi connectivity index (χ1v) is 5.17. The standard InChI is InChI=1S/C10H15NO4/c1-14-10(13)7-4-9(12)11(5-7)8-2-3-15-6-8/h7-8H,2-6H2,1H3/t7?,8-/m1/s1. The third kappa shape index (κ3) is 1.97. The van der Waals surface area contributed by atoms with E-state index in [0.29, 0.717) is 19.8 Å². The Kier molecular flexibility index (Phi) is 2.90. The number of amides is 1. The van der Waals surface area contributed by atoms with Crippen molar-refractivity contribution in [1.29, 1.82) is 0 Å². The van der Waals surface area contributed by atoms with Crippen LogP contribution < -0.4 is 0 Å². The monoisotopic (exact) mass is 213 g/mol. The van der Waals surface area contributed by atoms with Gasteiger partial charge in [-0.05, 0) is 6.42 Å². The van der Waals surface area contributed by atoms with E-state index in [-0.39, 0.29) is 30.3 Å². The van der Waals surface area contributed by atoms with Crippen LogP contribution in [0.25, 0.3) is 0 Å². The molecule has 2 atom stereocenters. The summed E-state index contributed by atoms with van der Waals surface area (Å²) in [4.78, 5) is 24.7. The van der Waals surface area contributed by atoms with Gasteiger partial charge in [-0.3, -0.25) is 9.59 Å². The Morgan fingerprint density at radius 3 is 3.00 bits per heavy atom. The largest absolute Gasteiger partial charge is 0.469 e. The molecule has 1 unspecified atom stereocenters. The van der Waals surface area contributed by atoms with Crippen molar-refractivity contribution >= 4 is 11.9 Å². The number of ether oxygens (including phenoxy) is 2. The maximum atomic E-state index is 11.7. The average Bonchev–Trinajstić information content (AvgIpc) is 2.84. The summed E-state index contributed by atoms with van der Waals surface area (Å²) in [6.07, 6.45) is 1.16. The summed E-state index contributed by atoms with van der Waals surface area (Å²) < 4.78 is 9.87. The number of likely N-dealkylation sites (tertiary alicyclic amines) is 1. The molecule has 0 aromatic heterocycles. The SMILES string of the molecule is COC(=O)C1CC(=O)N([C@@H]2CCOC2)C1. The average molecular weight is 213 g/mol. The van der Waals surface area contributed by atoms with Crippen molar-refractivity contribution in [3.63, 3.8) is 0 Å². The van der Waals surface area contributed by atoms with Crippen molar-refractivity contribution < 1.29 is 19.1 Å². The smallest absolute Gasteiger partial charge is 0.310 e. The van der Waals surface area contributed by atoms with Crippen molar-refractivity contribution in [1.82, 2.24) is 4.90 Å². The lowest BCUT2D eigenvalue weighted by atomic mass is 10.1. The molecule has 1 amide bonds. The van der Waals surface area contributed by atoms with Crippen LogP contribution in [0.4, 0.5) is 0 Å². The number of rotatable bonds is 2. The Balaban J connectivity index is 1.97. The summed E-state index contributed by atoms with van der Waals surface area (Å²) in [5.41, 5.74) is 0. The highest BCUT2D eigenvalue weighted by Gasteiger charge is 2.39. The molecule has 5 heteroatoms. The van der Waals surface area contributed by atoms with Crippen LogP contribution in [0.1, 0.15) is 12.8 Å². The number of hydrogen-bond donors (Lipinski definition) is 0. The van der Waals surface area contributed by atoms with E-state index in [1.165, 1.54) is 7.11 Å². The molecule has 2 saturated heterocycles. The predicted octanol–water partition coefficient (Wildman–Crippen LogP) is -0.203. The molecule has 2 aliphatic heterocycles. The third-order valence-electron chi connectivity index (χ3n) is 3.04. The number of carbonyl (C=O) groups excluding carboxylic acids is 2. The van der Waals surface area contributed by atoms with Crippen LogP contribution in [0.3, 0.4) is 0 Å². The van der Waals surface area contributed by atoms with Crippen LogP contribution in [-0.2, 0) is 19.1 Å². The highest BCUT2D eigenvalue weighted by atomic mass is 16.5. The minimum Gasteiger partial charge on any atom is -0.469 e. The molecule has 0 bridgehead atoms. The normalized spacial score (nSPS) is 31.0. The number of methoxy groups -OCH3 is 1. The molecule has 0 aromatic rings. The number of hydrogen-bond acceptors (Lipinski definition) is 4. The van der Waals surface area contributed by atoms with Crippen molar-refractivity contribution in [3.8, 4) is 0 Å². The fraction of sp³-hybridized carbons (Fsp3) is 0.800. The molecule has 15 heavy (non-hydrogen) atoms. The maximum Gasteiger partial charge on any atom is 0.310 e. The zero-order chi connectivity index (χ0) is 10.8. The van der Waals surface area contributed by atoms with E-state index < -0.39 is 0 Å². The second-order valence-electron chi connectivity index (χ2n) is 3.99. The summed E-state index contributed by atoms with van der Waals surface area (Å²) in [5, 5.41) is 0. The van der Waals surface area contributed by atoms with E-state index in [4.69, 9.17) is 4.74 Å². The lowest BCUT2D eigenvalue weighted by molar-refractivity contribution is -0.145. The van der Waals surface area contributed by atoms with Gasteiger partial charge in [0.15, 0.2) is 0 Å². The van der Waals surface area contributed by atoms with E-state index in [0.717, 1.165) is 6.42 Å². The topological polar surface area (TPSA) is 55.8 Å². The highest BCUT2D eigenvalue weighted by molar-refractivity contribution is 5.87. The van der Waals surface area contributed by atoms with Gasteiger partial charge in [0, 0.05) is 19.6 Å². The summed E-state index contributed by atoms with van der Waals surface area (Å²) in [6.45, 7) is 1.79. The third-order valence-corrected chi connectivity index (χ3v) is 3.04. The molecule has 2 heterocycles. The quantitative estimate of drug-likeness (QED) is 0.596. The van der Waals surface area contributed by atoms with Gasteiger partial charge in [-0.1, -0.05) is 0 Å². The molecule has 2 rings (SSSR count). The molecule has 0 aromatic carbocycles. The molecule has 2 fully saturated rings. The van der Waals surface area contributed by atoms with E-state index in [2.05, 4.69) is 4.74 Å². The van der Waals surface area contributed by atoms with Gasteiger partial charge in [-0.25, -0.2) is 0 Å². The highest BCUT2D eigenvalue weighted by Crippen LogP contribution is 2.24. The number of esters is 1. The fourth-order valence-corrected chi connectivity index (χ4v) is 2.18. The lowest BCUT2D eigenvalue weighted by Crippen LogP contribution is -2.37. The molecule has 84 valence electrons. The first-order valence-electron chi connectivity index (χ1n) is 5.17. The van der Waals surface area contributed by atoms with Crippen LogP contribution in [0.5, 0.6) is 0 Å². The van der Waals surface area contributed by atoms with E-state index in [1.807, 2.05) is 0 Å². The Hall–Kier alpha value is -1.10. The molecular formula is C10H15NO4. The second-order valence-corrected chi connectivity index (χ2v) is 3.99. The van der Waals surface area contributed by atoms with Crippen LogP contribution in [-0.4, -0.2) is 49.7 Å². The van der Waals surface area contributed by atoms with Gasteiger partial charge in [0.25, 0.3) is 0 Å². The number of carbonyl (C=O) groups is 2. The van der Waals surface area contributed by atoms with Crippen LogP contribution in [0, 0.1) is 5.92 Å². The van der Waals surface area contributed by atoms with Gasteiger partial charge in [-0.15, -0.1) is 0 Å². The Morgan fingerprint density at radius 1 is 1.60 bits per heavy atom.